The van der Waals surface area contributed by atoms with Gasteiger partial charge in [0, 0.05) is 19.1 Å². The Labute approximate surface area is 141 Å². The number of halogens is 2. The van der Waals surface area contributed by atoms with Gasteiger partial charge in [0.25, 0.3) is 0 Å². The number of hydrogen-bond acceptors (Lipinski definition) is 3. The van der Waals surface area contributed by atoms with Crippen LogP contribution in [0.15, 0.2) is 12.1 Å². The number of hydrogen-bond donors (Lipinski definition) is 1. The van der Waals surface area contributed by atoms with Crippen LogP contribution < -0.4 is 5.73 Å². The van der Waals surface area contributed by atoms with Gasteiger partial charge in [-0.05, 0) is 68.7 Å². The lowest BCUT2D eigenvalue weighted by molar-refractivity contribution is 0.00797. The molecule has 1 atom stereocenters. The van der Waals surface area contributed by atoms with E-state index >= 15 is 0 Å². The fraction of sp³-hybridized carbons (Fsp3) is 0.611. The van der Waals surface area contributed by atoms with Gasteiger partial charge in [0.15, 0.2) is 11.6 Å². The Bertz CT molecular complexity index is 662. The average molecular weight is 338 g/mol. The van der Waals surface area contributed by atoms with Crippen molar-refractivity contribution in [1.82, 2.24) is 4.90 Å². The zero-order valence-electron chi connectivity index (χ0n) is 14.4. The molecule has 1 heterocycles. The number of amides is 1. The fourth-order valence-electron chi connectivity index (χ4n) is 3.81. The first-order chi connectivity index (χ1) is 11.1. The lowest BCUT2D eigenvalue weighted by Gasteiger charge is -2.42. The molecule has 1 fully saturated rings. The monoisotopic (exact) mass is 338 g/mol. The molecule has 0 unspecified atom stereocenters. The number of benzene rings is 1. The van der Waals surface area contributed by atoms with Gasteiger partial charge in [-0.1, -0.05) is 0 Å². The number of nitrogens with two attached hydrogens (primary N) is 1. The maximum absolute atomic E-state index is 13.5. The van der Waals surface area contributed by atoms with Gasteiger partial charge in [-0.3, -0.25) is 0 Å². The van der Waals surface area contributed by atoms with Crippen LogP contribution in [0, 0.1) is 17.0 Å². The van der Waals surface area contributed by atoms with Crippen LogP contribution in [0.1, 0.15) is 50.8 Å². The van der Waals surface area contributed by atoms with Crippen LogP contribution in [-0.4, -0.2) is 29.7 Å². The van der Waals surface area contributed by atoms with Crippen molar-refractivity contribution in [3.05, 3.63) is 34.9 Å². The molecule has 1 amide bonds. The average Bonchev–Trinajstić information content (AvgIpc) is 2.72. The highest BCUT2D eigenvalue weighted by Gasteiger charge is 2.47. The van der Waals surface area contributed by atoms with E-state index in [-0.39, 0.29) is 17.6 Å². The first-order valence-electron chi connectivity index (χ1n) is 8.33. The van der Waals surface area contributed by atoms with Crippen molar-refractivity contribution in [3.63, 3.8) is 0 Å². The van der Waals surface area contributed by atoms with E-state index in [0.717, 1.165) is 5.56 Å². The van der Waals surface area contributed by atoms with Crippen molar-refractivity contribution in [3.8, 4) is 0 Å². The zero-order valence-corrected chi connectivity index (χ0v) is 14.4. The van der Waals surface area contributed by atoms with Crippen LogP contribution in [0.5, 0.6) is 0 Å². The molecular formula is C18H24F2N2O2. The molecular weight excluding hydrogens is 314 g/mol. The second-order valence-corrected chi connectivity index (χ2v) is 7.95. The molecule has 0 radical (unpaired) electrons. The second kappa shape index (κ2) is 5.69. The maximum atomic E-state index is 13.5. The highest BCUT2D eigenvalue weighted by molar-refractivity contribution is 5.68. The van der Waals surface area contributed by atoms with Gasteiger partial charge in [0.05, 0.1) is 0 Å². The molecule has 3 rings (SSSR count). The summed E-state index contributed by atoms with van der Waals surface area (Å²) in [5.41, 5.74) is 7.09. The van der Waals surface area contributed by atoms with Crippen LogP contribution >= 0.6 is 0 Å². The van der Waals surface area contributed by atoms with Crippen molar-refractivity contribution in [2.45, 2.75) is 51.7 Å². The highest BCUT2D eigenvalue weighted by Crippen LogP contribution is 2.51. The van der Waals surface area contributed by atoms with E-state index in [1.807, 2.05) is 20.8 Å². The Morgan fingerprint density at radius 3 is 2.42 bits per heavy atom. The van der Waals surface area contributed by atoms with Crippen molar-refractivity contribution in [2.75, 3.05) is 13.1 Å². The van der Waals surface area contributed by atoms with Gasteiger partial charge in [0.1, 0.15) is 5.60 Å². The number of carbonyl (C=O) groups excluding carboxylic acids is 1. The fourth-order valence-corrected chi connectivity index (χ4v) is 3.81. The summed E-state index contributed by atoms with van der Waals surface area (Å²) in [6.07, 6.45) is 1.71. The van der Waals surface area contributed by atoms with Crippen LogP contribution in [0.2, 0.25) is 0 Å². The standard InChI is InChI=1S/C18H24F2N2O2/c1-17(2,3)24-16(23)22-6-4-18(5-7-22)10-11-8-13(19)14(20)9-12(11)15(18)21/h8-9,15H,4-7,10,21H2,1-3H3/t15-/m1/s1. The predicted octanol–water partition coefficient (Wildman–Crippen LogP) is 3.54. The Hall–Kier alpha value is -1.69. The summed E-state index contributed by atoms with van der Waals surface area (Å²) in [4.78, 5) is 13.9. The molecule has 1 aromatic carbocycles. The Morgan fingerprint density at radius 1 is 1.25 bits per heavy atom. The van der Waals surface area contributed by atoms with E-state index in [0.29, 0.717) is 37.9 Å². The molecule has 1 saturated heterocycles. The van der Waals surface area contributed by atoms with Crippen LogP contribution in [-0.2, 0) is 11.2 Å². The minimum Gasteiger partial charge on any atom is -0.444 e. The smallest absolute Gasteiger partial charge is 0.410 e. The number of piperidine rings is 1. The summed E-state index contributed by atoms with van der Waals surface area (Å²) in [6, 6.07) is 2.16. The van der Waals surface area contributed by atoms with Crippen LogP contribution in [0.4, 0.5) is 13.6 Å². The van der Waals surface area contributed by atoms with Gasteiger partial charge < -0.3 is 15.4 Å². The molecule has 1 aliphatic carbocycles. The minimum atomic E-state index is -0.854. The lowest BCUT2D eigenvalue weighted by atomic mass is 9.73. The number of nitrogens with zero attached hydrogens (tertiary/aromatic N) is 1. The summed E-state index contributed by atoms with van der Waals surface area (Å²) >= 11 is 0. The number of likely N-dealkylation sites (tertiary alicyclic amines) is 1. The van der Waals surface area contributed by atoms with Crippen LogP contribution in [0.25, 0.3) is 0 Å². The Kier molecular flexibility index (Phi) is 4.06. The molecule has 132 valence electrons. The quantitative estimate of drug-likeness (QED) is 0.787. The molecule has 4 nitrogen and oxygen atoms in total. The topological polar surface area (TPSA) is 55.6 Å². The maximum Gasteiger partial charge on any atom is 0.410 e. The van der Waals surface area contributed by atoms with Crippen molar-refractivity contribution in [1.29, 1.82) is 0 Å². The van der Waals surface area contributed by atoms with E-state index in [9.17, 15) is 13.6 Å². The number of rotatable bonds is 0. The van der Waals surface area contributed by atoms with Gasteiger partial charge in [0.2, 0.25) is 0 Å². The van der Waals surface area contributed by atoms with Gasteiger partial charge in [-0.25, -0.2) is 13.6 Å². The molecule has 2 aliphatic rings. The van der Waals surface area contributed by atoms with E-state index in [2.05, 4.69) is 0 Å². The summed E-state index contributed by atoms with van der Waals surface area (Å²) in [6.45, 7) is 6.60. The number of fused-ring (bicyclic) bond motifs is 1. The number of carbonyl (C=O) groups is 1. The molecule has 1 spiro atoms. The lowest BCUT2D eigenvalue weighted by Crippen LogP contribution is -2.47. The Balaban J connectivity index is 1.72. The number of ether oxygens (including phenoxy) is 1. The van der Waals surface area contributed by atoms with E-state index < -0.39 is 17.2 Å². The molecule has 0 aromatic heterocycles. The summed E-state index contributed by atoms with van der Waals surface area (Å²) in [7, 11) is 0. The first kappa shape index (κ1) is 17.1. The second-order valence-electron chi connectivity index (χ2n) is 7.95. The van der Waals surface area contributed by atoms with Gasteiger partial charge in [-0.2, -0.15) is 0 Å². The molecule has 1 aliphatic heterocycles. The third kappa shape index (κ3) is 2.99. The molecule has 1 aromatic rings. The molecule has 2 N–H and O–H groups in total. The third-order valence-corrected chi connectivity index (χ3v) is 5.13. The zero-order chi connectivity index (χ0) is 17.7. The van der Waals surface area contributed by atoms with E-state index in [4.69, 9.17) is 10.5 Å². The summed E-state index contributed by atoms with van der Waals surface area (Å²) in [5, 5.41) is 0. The largest absolute Gasteiger partial charge is 0.444 e. The van der Waals surface area contributed by atoms with E-state index in [1.165, 1.54) is 12.1 Å². The summed E-state index contributed by atoms with van der Waals surface area (Å²) < 4.78 is 32.4. The van der Waals surface area contributed by atoms with Gasteiger partial charge in [-0.15, -0.1) is 0 Å². The summed E-state index contributed by atoms with van der Waals surface area (Å²) in [5.74, 6) is -1.68. The minimum absolute atomic E-state index is 0.235. The Morgan fingerprint density at radius 2 is 1.83 bits per heavy atom. The highest BCUT2D eigenvalue weighted by atomic mass is 19.2. The molecule has 24 heavy (non-hydrogen) atoms. The normalized spacial score (nSPS) is 22.6. The van der Waals surface area contributed by atoms with Crippen molar-refractivity contribution >= 4 is 6.09 Å². The SMILES string of the molecule is CC(C)(C)OC(=O)N1CCC2(CC1)Cc1cc(F)c(F)cc1[C@H]2N. The van der Waals surface area contributed by atoms with Crippen molar-refractivity contribution < 1.29 is 18.3 Å². The molecule has 6 heteroatoms. The van der Waals surface area contributed by atoms with Crippen LogP contribution in [0.3, 0.4) is 0 Å². The van der Waals surface area contributed by atoms with Gasteiger partial charge >= 0.3 is 6.09 Å². The van der Waals surface area contributed by atoms with Crippen molar-refractivity contribution in [2.24, 2.45) is 11.1 Å². The molecule has 0 saturated carbocycles. The third-order valence-electron chi connectivity index (χ3n) is 5.13. The molecule has 0 bridgehead atoms. The predicted molar refractivity (Wildman–Crippen MR) is 86.5 cm³/mol. The first-order valence-corrected chi connectivity index (χ1v) is 8.33. The van der Waals surface area contributed by atoms with E-state index in [1.54, 1.807) is 4.90 Å².